The summed E-state index contributed by atoms with van der Waals surface area (Å²) in [6, 6.07) is 14.5. The molecule has 0 heterocycles. The van der Waals surface area contributed by atoms with Gasteiger partial charge in [-0.1, -0.05) is 24.3 Å². The van der Waals surface area contributed by atoms with E-state index in [1.807, 2.05) is 30.5 Å². The first-order chi connectivity index (χ1) is 12.8. The van der Waals surface area contributed by atoms with Gasteiger partial charge in [0.2, 0.25) is 0 Å². The van der Waals surface area contributed by atoms with Crippen LogP contribution in [-0.2, 0) is 16.0 Å². The number of carbonyl (C=O) groups is 2. The molecule has 0 aliphatic carbocycles. The van der Waals surface area contributed by atoms with Gasteiger partial charge in [0, 0.05) is 17.9 Å². The Bertz CT molecular complexity index is 791. The van der Waals surface area contributed by atoms with E-state index in [1.54, 1.807) is 38.3 Å². The molecule has 0 fully saturated rings. The van der Waals surface area contributed by atoms with E-state index >= 15 is 0 Å². The summed E-state index contributed by atoms with van der Waals surface area (Å²) in [4.78, 5) is 25.0. The van der Waals surface area contributed by atoms with Crippen LogP contribution in [0.25, 0.3) is 0 Å². The highest BCUT2D eigenvalue weighted by Crippen LogP contribution is 2.24. The highest BCUT2D eigenvalue weighted by atomic mass is 32.2. The summed E-state index contributed by atoms with van der Waals surface area (Å²) in [7, 11) is 1.59. The van der Waals surface area contributed by atoms with Crippen LogP contribution in [-0.4, -0.2) is 42.4 Å². The third-order valence-electron chi connectivity index (χ3n) is 3.94. The van der Waals surface area contributed by atoms with E-state index in [1.165, 1.54) is 11.8 Å². The minimum Gasteiger partial charge on any atom is -0.497 e. The molecule has 0 spiro atoms. The molecule has 0 radical (unpaired) electrons. The van der Waals surface area contributed by atoms with Crippen molar-refractivity contribution in [3.05, 3.63) is 54.1 Å². The smallest absolute Gasteiger partial charge is 0.313 e. The number of anilines is 1. The average Bonchev–Trinajstić information content (AvgIpc) is 2.67. The summed E-state index contributed by atoms with van der Waals surface area (Å²) >= 11 is 1.48. The van der Waals surface area contributed by atoms with E-state index in [2.05, 4.69) is 10.6 Å². The van der Waals surface area contributed by atoms with Crippen molar-refractivity contribution in [1.82, 2.24) is 5.32 Å². The molecular formula is C20H24N2O4S. The van der Waals surface area contributed by atoms with Gasteiger partial charge in [-0.15, -0.1) is 11.8 Å². The molecule has 0 aliphatic rings. The van der Waals surface area contributed by atoms with Crippen LogP contribution in [0.2, 0.25) is 0 Å². The van der Waals surface area contributed by atoms with Gasteiger partial charge < -0.3 is 20.5 Å². The van der Waals surface area contributed by atoms with Crippen LogP contribution in [0.1, 0.15) is 12.5 Å². The molecule has 144 valence electrons. The number of aliphatic hydroxyl groups is 1. The molecule has 7 heteroatoms. The second-order valence-electron chi connectivity index (χ2n) is 6.36. The van der Waals surface area contributed by atoms with Gasteiger partial charge in [0.15, 0.2) is 0 Å². The normalized spacial score (nSPS) is 12.7. The third kappa shape index (κ3) is 6.30. The maximum Gasteiger partial charge on any atom is 0.313 e. The lowest BCUT2D eigenvalue weighted by atomic mass is 9.96. The van der Waals surface area contributed by atoms with Crippen molar-refractivity contribution in [2.45, 2.75) is 23.8 Å². The first kappa shape index (κ1) is 20.8. The molecule has 2 amide bonds. The topological polar surface area (TPSA) is 87.7 Å². The molecule has 3 N–H and O–H groups in total. The second kappa shape index (κ2) is 9.43. The largest absolute Gasteiger partial charge is 0.497 e. The number of thioether (sulfide) groups is 1. The molecule has 0 saturated carbocycles. The van der Waals surface area contributed by atoms with E-state index in [-0.39, 0.29) is 6.54 Å². The monoisotopic (exact) mass is 388 g/mol. The highest BCUT2D eigenvalue weighted by Gasteiger charge is 2.24. The Hall–Kier alpha value is -2.51. The standard InChI is InChI=1S/C20H24N2O4S/c1-20(25,12-14-8-10-15(26-2)11-9-14)13-21-18(23)19(24)22-16-6-4-5-7-17(16)27-3/h4-11,25H,12-13H2,1-3H3,(H,21,23)(H,22,24). The van der Waals surface area contributed by atoms with Gasteiger partial charge >= 0.3 is 11.8 Å². The summed E-state index contributed by atoms with van der Waals surface area (Å²) < 4.78 is 5.10. The first-order valence-corrected chi connectivity index (χ1v) is 9.64. The zero-order valence-electron chi connectivity index (χ0n) is 15.6. The van der Waals surface area contributed by atoms with Crippen molar-refractivity contribution in [3.63, 3.8) is 0 Å². The van der Waals surface area contributed by atoms with Crippen LogP contribution in [0.3, 0.4) is 0 Å². The van der Waals surface area contributed by atoms with Gasteiger partial charge in [-0.3, -0.25) is 9.59 Å². The van der Waals surface area contributed by atoms with Crippen LogP contribution in [0.5, 0.6) is 5.75 Å². The van der Waals surface area contributed by atoms with Crippen molar-refractivity contribution in [1.29, 1.82) is 0 Å². The quantitative estimate of drug-likeness (QED) is 0.501. The second-order valence-corrected chi connectivity index (χ2v) is 7.21. The van der Waals surface area contributed by atoms with Crippen molar-refractivity contribution in [3.8, 4) is 5.75 Å². The van der Waals surface area contributed by atoms with Gasteiger partial charge in [-0.2, -0.15) is 0 Å². The minimum absolute atomic E-state index is 0.0462. The molecule has 6 nitrogen and oxygen atoms in total. The van der Waals surface area contributed by atoms with E-state index in [4.69, 9.17) is 4.74 Å². The van der Waals surface area contributed by atoms with Gasteiger partial charge in [0.05, 0.1) is 18.4 Å². The Kier molecular flexibility index (Phi) is 7.27. The summed E-state index contributed by atoms with van der Waals surface area (Å²) in [6.07, 6.45) is 2.22. The number of benzene rings is 2. The van der Waals surface area contributed by atoms with Gasteiger partial charge in [0.25, 0.3) is 0 Å². The van der Waals surface area contributed by atoms with Crippen LogP contribution in [0.15, 0.2) is 53.4 Å². The summed E-state index contributed by atoms with van der Waals surface area (Å²) in [5.74, 6) is -0.827. The molecule has 0 aromatic heterocycles. The Balaban J connectivity index is 1.89. The predicted octanol–water partition coefficient (Wildman–Crippen LogP) is 2.47. The lowest BCUT2D eigenvalue weighted by Crippen LogP contribution is -2.45. The van der Waals surface area contributed by atoms with Crippen molar-refractivity contribution >= 4 is 29.3 Å². The van der Waals surface area contributed by atoms with Gasteiger partial charge in [0.1, 0.15) is 5.75 Å². The number of methoxy groups -OCH3 is 1. The Morgan fingerprint density at radius 1 is 1.11 bits per heavy atom. The molecule has 27 heavy (non-hydrogen) atoms. The molecule has 1 atom stereocenters. The maximum atomic E-state index is 12.1. The van der Waals surface area contributed by atoms with Crippen LogP contribution < -0.4 is 15.4 Å². The average molecular weight is 388 g/mol. The molecule has 2 rings (SSSR count). The number of para-hydroxylation sites is 1. The Morgan fingerprint density at radius 3 is 2.41 bits per heavy atom. The molecule has 0 bridgehead atoms. The fourth-order valence-corrected chi connectivity index (χ4v) is 3.08. The van der Waals surface area contributed by atoms with E-state index in [0.717, 1.165) is 16.2 Å². The minimum atomic E-state index is -1.19. The lowest BCUT2D eigenvalue weighted by molar-refractivity contribution is -0.136. The molecule has 2 aromatic rings. The van der Waals surface area contributed by atoms with E-state index in [0.29, 0.717) is 12.1 Å². The number of carbonyl (C=O) groups excluding carboxylic acids is 2. The number of rotatable bonds is 7. The number of ether oxygens (including phenoxy) is 1. The van der Waals surface area contributed by atoms with Crippen molar-refractivity contribution in [2.75, 3.05) is 25.2 Å². The highest BCUT2D eigenvalue weighted by molar-refractivity contribution is 7.98. The fourth-order valence-electron chi connectivity index (χ4n) is 2.52. The predicted molar refractivity (Wildman–Crippen MR) is 107 cm³/mol. The maximum absolute atomic E-state index is 12.1. The van der Waals surface area contributed by atoms with Gasteiger partial charge in [-0.25, -0.2) is 0 Å². The molecule has 0 saturated heterocycles. The summed E-state index contributed by atoms with van der Waals surface area (Å²) in [5.41, 5.74) is 0.283. The number of nitrogens with one attached hydrogen (secondary N) is 2. The van der Waals surface area contributed by atoms with Crippen molar-refractivity contribution < 1.29 is 19.4 Å². The van der Waals surface area contributed by atoms with Gasteiger partial charge in [-0.05, 0) is 43.0 Å². The molecule has 2 aromatic carbocycles. The molecule has 1 unspecified atom stereocenters. The summed E-state index contributed by atoms with van der Waals surface area (Å²) in [6.45, 7) is 1.56. The molecular weight excluding hydrogens is 364 g/mol. The zero-order chi connectivity index (χ0) is 19.9. The number of hydrogen-bond donors (Lipinski definition) is 3. The first-order valence-electron chi connectivity index (χ1n) is 8.42. The van der Waals surface area contributed by atoms with Crippen molar-refractivity contribution in [2.24, 2.45) is 0 Å². The molecule has 0 aliphatic heterocycles. The zero-order valence-corrected chi connectivity index (χ0v) is 16.4. The number of hydrogen-bond acceptors (Lipinski definition) is 5. The third-order valence-corrected chi connectivity index (χ3v) is 4.73. The summed E-state index contributed by atoms with van der Waals surface area (Å²) in [5, 5.41) is 15.6. The number of amides is 2. The Labute approximate surface area is 163 Å². The SMILES string of the molecule is COc1ccc(CC(C)(O)CNC(=O)C(=O)Nc2ccccc2SC)cc1. The fraction of sp³-hybridized carbons (Fsp3) is 0.300. The lowest BCUT2D eigenvalue weighted by Gasteiger charge is -2.23. The van der Waals surface area contributed by atoms with E-state index < -0.39 is 17.4 Å². The Morgan fingerprint density at radius 2 is 1.78 bits per heavy atom. The van der Waals surface area contributed by atoms with E-state index in [9.17, 15) is 14.7 Å². The van der Waals surface area contributed by atoms with Crippen LogP contribution in [0.4, 0.5) is 5.69 Å². The van der Waals surface area contributed by atoms with Crippen LogP contribution >= 0.6 is 11.8 Å². The van der Waals surface area contributed by atoms with Crippen LogP contribution in [0, 0.1) is 0 Å².